The Balaban J connectivity index is 2.25. The van der Waals surface area contributed by atoms with Crippen LogP contribution in [-0.2, 0) is 22.1 Å². The van der Waals surface area contributed by atoms with Crippen molar-refractivity contribution in [3.05, 3.63) is 33.4 Å². The van der Waals surface area contributed by atoms with Crippen molar-refractivity contribution in [2.45, 2.75) is 91.4 Å². The summed E-state index contributed by atoms with van der Waals surface area (Å²) in [6.07, 6.45) is 14.5. The van der Waals surface area contributed by atoms with Crippen LogP contribution in [0.5, 0.6) is 0 Å². The summed E-state index contributed by atoms with van der Waals surface area (Å²) < 4.78 is 11.3. The molecule has 0 aromatic heterocycles. The molecule has 1 rings (SSSR count). The summed E-state index contributed by atoms with van der Waals surface area (Å²) in [7, 11) is 0. The zero-order valence-corrected chi connectivity index (χ0v) is 19.3. The fourth-order valence-corrected chi connectivity index (χ4v) is 5.54. The molecule has 0 fully saturated rings. The molecule has 154 valence electrons. The Morgan fingerprint density at radius 3 is 1.63 bits per heavy atom. The fourth-order valence-electron chi connectivity index (χ4n) is 2.87. The Bertz CT molecular complexity index is 526. The second-order valence-corrected chi connectivity index (χ2v) is 10.3. The van der Waals surface area contributed by atoms with Crippen LogP contribution in [0.15, 0.2) is 24.3 Å². The minimum atomic E-state index is -2.68. The van der Waals surface area contributed by atoms with Crippen molar-refractivity contribution in [2.24, 2.45) is 0 Å². The van der Waals surface area contributed by atoms with Crippen LogP contribution in [0.4, 0.5) is 0 Å². The average Bonchev–Trinajstić information content (AvgIpc) is 2.62. The van der Waals surface area contributed by atoms with Gasteiger partial charge < -0.3 is 0 Å². The van der Waals surface area contributed by atoms with Gasteiger partial charge in [0.05, 0.1) is 0 Å². The zero-order valence-electron chi connectivity index (χ0n) is 17.1. The molecule has 1 aromatic carbocycles. The van der Waals surface area contributed by atoms with E-state index < -0.39 is 32.6 Å². The first-order valence-corrected chi connectivity index (χ1v) is 13.0. The van der Waals surface area contributed by atoms with Crippen LogP contribution >= 0.6 is 20.6 Å². The molecule has 0 saturated carbocycles. The van der Waals surface area contributed by atoms with Crippen molar-refractivity contribution in [2.75, 3.05) is 0 Å². The first-order chi connectivity index (χ1) is 13.0. The predicted octanol–water partition coefficient (Wildman–Crippen LogP) is 6.78. The molecule has 0 heterocycles. The average molecular weight is 490 g/mol. The van der Waals surface area contributed by atoms with E-state index in [1.54, 1.807) is 0 Å². The number of halogens is 1. The molecule has 27 heavy (non-hydrogen) atoms. The van der Waals surface area contributed by atoms with Crippen molar-refractivity contribution in [3.8, 4) is 0 Å². The van der Waals surface area contributed by atoms with Gasteiger partial charge in [0.1, 0.15) is 0 Å². The molecule has 0 unspecified atom stereocenters. The van der Waals surface area contributed by atoms with E-state index in [9.17, 15) is 9.59 Å². The normalized spacial score (nSPS) is 11.1. The second-order valence-electron chi connectivity index (χ2n) is 6.91. The van der Waals surface area contributed by atoms with Crippen molar-refractivity contribution >= 4 is 32.6 Å². The van der Waals surface area contributed by atoms with E-state index in [0.717, 1.165) is 9.99 Å². The Morgan fingerprint density at radius 1 is 0.741 bits per heavy atom. The molecule has 0 saturated heterocycles. The number of rotatable bonds is 14. The first-order valence-electron chi connectivity index (χ1n) is 10.2. The standard InChI is InChI=1S/C22H35IO4/c1-4-5-6-7-8-9-10-11-12-13-14-21-15-17-22(18-16-21)23(26-19(2)24)27-20(3)25/h15-18H,4-14H2,1-3H3. The van der Waals surface area contributed by atoms with E-state index in [1.807, 2.05) is 12.1 Å². The fraction of sp³-hybridized carbons (Fsp3) is 0.636. The molecule has 0 spiro atoms. The third kappa shape index (κ3) is 12.1. The monoisotopic (exact) mass is 490 g/mol. The molecule has 0 radical (unpaired) electrons. The number of unbranched alkanes of at least 4 members (excludes halogenated alkanes) is 9. The van der Waals surface area contributed by atoms with Gasteiger partial charge in [-0.2, -0.15) is 0 Å². The van der Waals surface area contributed by atoms with Gasteiger partial charge in [-0.05, 0) is 0 Å². The number of benzene rings is 1. The molecular formula is C22H35IO4. The van der Waals surface area contributed by atoms with Gasteiger partial charge in [0.2, 0.25) is 0 Å². The summed E-state index contributed by atoms with van der Waals surface area (Å²) in [6, 6.07) is 7.98. The van der Waals surface area contributed by atoms with E-state index >= 15 is 0 Å². The molecule has 0 bridgehead atoms. The van der Waals surface area contributed by atoms with Crippen molar-refractivity contribution in [1.29, 1.82) is 0 Å². The molecule has 0 aliphatic carbocycles. The van der Waals surface area contributed by atoms with E-state index in [0.29, 0.717) is 0 Å². The Hall–Kier alpha value is -1.11. The van der Waals surface area contributed by atoms with Crippen LogP contribution in [-0.4, -0.2) is 11.9 Å². The van der Waals surface area contributed by atoms with Gasteiger partial charge in [-0.1, -0.05) is 26.2 Å². The van der Waals surface area contributed by atoms with Gasteiger partial charge in [-0.3, -0.25) is 0 Å². The quantitative estimate of drug-likeness (QED) is 0.213. The topological polar surface area (TPSA) is 52.6 Å². The molecule has 0 atom stereocenters. The minimum absolute atomic E-state index is 0.407. The Kier molecular flexibility index (Phi) is 13.2. The van der Waals surface area contributed by atoms with Crippen LogP contribution in [0, 0.1) is 3.57 Å². The van der Waals surface area contributed by atoms with Crippen LogP contribution < -0.4 is 0 Å². The third-order valence-electron chi connectivity index (χ3n) is 4.27. The molecule has 0 N–H and O–H groups in total. The van der Waals surface area contributed by atoms with E-state index in [-0.39, 0.29) is 0 Å². The van der Waals surface area contributed by atoms with Crippen molar-refractivity contribution < 1.29 is 15.7 Å². The molecule has 4 nitrogen and oxygen atoms in total. The van der Waals surface area contributed by atoms with Gasteiger partial charge >= 0.3 is 147 Å². The summed E-state index contributed by atoms with van der Waals surface area (Å²) >= 11 is -2.68. The molecule has 0 aliphatic rings. The third-order valence-corrected chi connectivity index (χ3v) is 8.04. The van der Waals surface area contributed by atoms with Crippen LogP contribution in [0.25, 0.3) is 0 Å². The van der Waals surface area contributed by atoms with Gasteiger partial charge in [-0.25, -0.2) is 0 Å². The van der Waals surface area contributed by atoms with E-state index in [2.05, 4.69) is 19.1 Å². The van der Waals surface area contributed by atoms with E-state index in [4.69, 9.17) is 6.13 Å². The van der Waals surface area contributed by atoms with Crippen molar-refractivity contribution in [1.82, 2.24) is 0 Å². The molecule has 1 aromatic rings. The number of carbonyl (C=O) groups is 2. The Labute approximate surface area is 172 Å². The summed E-state index contributed by atoms with van der Waals surface area (Å²) in [6.45, 7) is 4.94. The van der Waals surface area contributed by atoms with E-state index in [1.165, 1.54) is 83.6 Å². The van der Waals surface area contributed by atoms with Crippen LogP contribution in [0.1, 0.15) is 90.5 Å². The summed E-state index contributed by atoms with van der Waals surface area (Å²) in [5.74, 6) is -0.813. The number of aryl methyl sites for hydroxylation is 1. The molecule has 0 amide bonds. The number of hydrogen-bond acceptors (Lipinski definition) is 4. The van der Waals surface area contributed by atoms with Crippen molar-refractivity contribution in [3.63, 3.8) is 0 Å². The molecule has 5 heteroatoms. The van der Waals surface area contributed by atoms with Gasteiger partial charge in [0, 0.05) is 0 Å². The Morgan fingerprint density at radius 2 is 1.19 bits per heavy atom. The van der Waals surface area contributed by atoms with Gasteiger partial charge in [-0.15, -0.1) is 0 Å². The maximum absolute atomic E-state index is 11.2. The number of carbonyl (C=O) groups excluding carboxylic acids is 2. The van der Waals surface area contributed by atoms with Gasteiger partial charge in [0.25, 0.3) is 0 Å². The SMILES string of the molecule is CCCCCCCCCCCCc1ccc(I(OC(C)=O)OC(C)=O)cc1. The summed E-state index contributed by atoms with van der Waals surface area (Å²) in [5, 5.41) is 0. The predicted molar refractivity (Wildman–Crippen MR) is 118 cm³/mol. The molecule has 0 aliphatic heterocycles. The molecular weight excluding hydrogens is 455 g/mol. The maximum atomic E-state index is 11.2. The van der Waals surface area contributed by atoms with Crippen LogP contribution in [0.2, 0.25) is 0 Å². The first kappa shape index (κ1) is 23.9. The second kappa shape index (κ2) is 14.9. The van der Waals surface area contributed by atoms with Crippen LogP contribution in [0.3, 0.4) is 0 Å². The van der Waals surface area contributed by atoms with Gasteiger partial charge in [0.15, 0.2) is 0 Å². The summed E-state index contributed by atoms with van der Waals surface area (Å²) in [5.41, 5.74) is 1.28. The number of hydrogen-bond donors (Lipinski definition) is 0. The zero-order chi connectivity index (χ0) is 19.9. The summed E-state index contributed by atoms with van der Waals surface area (Å²) in [4.78, 5) is 22.4.